The lowest BCUT2D eigenvalue weighted by molar-refractivity contribution is 0.514. The largest absolute Gasteiger partial charge is 0.308 e. The van der Waals surface area contributed by atoms with E-state index in [-0.39, 0.29) is 6.04 Å². The van der Waals surface area contributed by atoms with E-state index in [1.54, 1.807) is 0 Å². The Kier molecular flexibility index (Phi) is 6.40. The Hall–Kier alpha value is -1.19. The molecule has 0 spiro atoms. The molecule has 0 aliphatic heterocycles. The van der Waals surface area contributed by atoms with Crippen LogP contribution in [0.15, 0.2) is 47.1 Å². The first-order valence-electron chi connectivity index (χ1n) is 7.66. The van der Waals surface area contributed by atoms with Gasteiger partial charge in [0.1, 0.15) is 0 Å². The summed E-state index contributed by atoms with van der Waals surface area (Å²) in [6.07, 6.45) is 5.01. The van der Waals surface area contributed by atoms with Gasteiger partial charge in [-0.3, -0.25) is 4.98 Å². The molecule has 2 rings (SSSR count). The summed E-state index contributed by atoms with van der Waals surface area (Å²) in [5.74, 6) is 0. The van der Waals surface area contributed by atoms with Gasteiger partial charge in [0.05, 0.1) is 11.7 Å². The molecule has 0 fully saturated rings. The summed E-state index contributed by atoms with van der Waals surface area (Å²) >= 11 is 3.55. The van der Waals surface area contributed by atoms with Crippen LogP contribution in [0.4, 0.5) is 0 Å². The van der Waals surface area contributed by atoms with Crippen molar-refractivity contribution in [3.63, 3.8) is 0 Å². The normalized spacial score (nSPS) is 12.3. The van der Waals surface area contributed by atoms with Crippen molar-refractivity contribution >= 4 is 15.9 Å². The standard InChI is InChI=1S/C18H23BrN2/c1-3-10-20-17(13-14-7-5-9-16(19)12-14)18-15(4-2)8-6-11-21-18/h5-9,11-12,17,20H,3-4,10,13H2,1-2H3. The second-order valence-electron chi connectivity index (χ2n) is 5.24. The van der Waals surface area contributed by atoms with Gasteiger partial charge < -0.3 is 5.32 Å². The maximum atomic E-state index is 4.65. The van der Waals surface area contributed by atoms with E-state index in [0.717, 1.165) is 30.3 Å². The highest BCUT2D eigenvalue weighted by molar-refractivity contribution is 9.10. The third-order valence-electron chi connectivity index (χ3n) is 3.61. The maximum Gasteiger partial charge on any atom is 0.0608 e. The average Bonchev–Trinajstić information content (AvgIpc) is 2.51. The molecule has 0 aliphatic carbocycles. The minimum Gasteiger partial charge on any atom is -0.308 e. The summed E-state index contributed by atoms with van der Waals surface area (Å²) < 4.78 is 1.13. The molecule has 0 bridgehead atoms. The van der Waals surface area contributed by atoms with Crippen molar-refractivity contribution in [3.05, 3.63) is 63.9 Å². The Morgan fingerprint density at radius 3 is 2.76 bits per heavy atom. The molecular formula is C18H23BrN2. The Morgan fingerprint density at radius 2 is 2.05 bits per heavy atom. The molecule has 1 unspecified atom stereocenters. The third-order valence-corrected chi connectivity index (χ3v) is 4.10. The Balaban J connectivity index is 2.25. The van der Waals surface area contributed by atoms with Gasteiger partial charge in [0.15, 0.2) is 0 Å². The van der Waals surface area contributed by atoms with Gasteiger partial charge in [0, 0.05) is 10.7 Å². The molecule has 0 radical (unpaired) electrons. The highest BCUT2D eigenvalue weighted by Gasteiger charge is 2.16. The van der Waals surface area contributed by atoms with Crippen LogP contribution in [0.1, 0.15) is 43.1 Å². The van der Waals surface area contributed by atoms with Crippen LogP contribution in [0.5, 0.6) is 0 Å². The highest BCUT2D eigenvalue weighted by atomic mass is 79.9. The number of halogens is 1. The summed E-state index contributed by atoms with van der Waals surface area (Å²) in [5.41, 5.74) is 3.85. The first kappa shape index (κ1) is 16.2. The number of nitrogens with zero attached hydrogens (tertiary/aromatic N) is 1. The zero-order valence-electron chi connectivity index (χ0n) is 12.8. The second kappa shape index (κ2) is 8.30. The average molecular weight is 347 g/mol. The molecule has 0 amide bonds. The Morgan fingerprint density at radius 1 is 1.19 bits per heavy atom. The van der Waals surface area contributed by atoms with Crippen LogP contribution < -0.4 is 5.32 Å². The molecule has 3 heteroatoms. The van der Waals surface area contributed by atoms with Crippen molar-refractivity contribution in [2.45, 2.75) is 39.2 Å². The van der Waals surface area contributed by atoms with Crippen molar-refractivity contribution in [2.24, 2.45) is 0 Å². The van der Waals surface area contributed by atoms with E-state index in [2.05, 4.69) is 70.4 Å². The zero-order valence-corrected chi connectivity index (χ0v) is 14.4. The maximum absolute atomic E-state index is 4.65. The molecule has 0 saturated heterocycles. The lowest BCUT2D eigenvalue weighted by Crippen LogP contribution is -2.26. The predicted octanol–water partition coefficient (Wildman–Crippen LogP) is 4.69. The molecule has 1 aromatic carbocycles. The van der Waals surface area contributed by atoms with Gasteiger partial charge in [-0.2, -0.15) is 0 Å². The van der Waals surface area contributed by atoms with Gasteiger partial charge in [-0.15, -0.1) is 0 Å². The van der Waals surface area contributed by atoms with Crippen LogP contribution in [0.2, 0.25) is 0 Å². The van der Waals surface area contributed by atoms with Crippen molar-refractivity contribution < 1.29 is 0 Å². The van der Waals surface area contributed by atoms with Crippen LogP contribution in [0.25, 0.3) is 0 Å². The van der Waals surface area contributed by atoms with Crippen LogP contribution in [-0.2, 0) is 12.8 Å². The number of rotatable bonds is 7. The van der Waals surface area contributed by atoms with Gasteiger partial charge in [0.25, 0.3) is 0 Å². The van der Waals surface area contributed by atoms with Crippen molar-refractivity contribution in [3.8, 4) is 0 Å². The van der Waals surface area contributed by atoms with Crippen molar-refractivity contribution in [1.82, 2.24) is 10.3 Å². The molecule has 112 valence electrons. The molecule has 1 aromatic heterocycles. The molecule has 21 heavy (non-hydrogen) atoms. The second-order valence-corrected chi connectivity index (χ2v) is 6.16. The van der Waals surface area contributed by atoms with Crippen LogP contribution >= 0.6 is 15.9 Å². The minimum atomic E-state index is 0.274. The monoisotopic (exact) mass is 346 g/mol. The summed E-state index contributed by atoms with van der Waals surface area (Å²) in [6.45, 7) is 5.40. The minimum absolute atomic E-state index is 0.274. The summed E-state index contributed by atoms with van der Waals surface area (Å²) in [5, 5.41) is 3.65. The summed E-state index contributed by atoms with van der Waals surface area (Å²) in [6, 6.07) is 13.0. The van der Waals surface area contributed by atoms with Crippen LogP contribution in [-0.4, -0.2) is 11.5 Å². The summed E-state index contributed by atoms with van der Waals surface area (Å²) in [7, 11) is 0. The molecule has 1 heterocycles. The fraction of sp³-hybridized carbons (Fsp3) is 0.389. The molecule has 0 saturated carbocycles. The van der Waals surface area contributed by atoms with Gasteiger partial charge in [-0.1, -0.05) is 48.0 Å². The lowest BCUT2D eigenvalue weighted by Gasteiger charge is -2.21. The number of benzene rings is 1. The van der Waals surface area contributed by atoms with Crippen LogP contribution in [0, 0.1) is 0 Å². The van der Waals surface area contributed by atoms with E-state index in [1.165, 1.54) is 16.8 Å². The van der Waals surface area contributed by atoms with Gasteiger partial charge >= 0.3 is 0 Å². The molecular weight excluding hydrogens is 324 g/mol. The predicted molar refractivity (Wildman–Crippen MR) is 92.5 cm³/mol. The fourth-order valence-corrected chi connectivity index (χ4v) is 2.99. The van der Waals surface area contributed by atoms with E-state index < -0.39 is 0 Å². The van der Waals surface area contributed by atoms with Gasteiger partial charge in [0.2, 0.25) is 0 Å². The van der Waals surface area contributed by atoms with Gasteiger partial charge in [-0.05, 0) is 55.1 Å². The van der Waals surface area contributed by atoms with E-state index >= 15 is 0 Å². The fourth-order valence-electron chi connectivity index (χ4n) is 2.55. The van der Waals surface area contributed by atoms with Gasteiger partial charge in [-0.25, -0.2) is 0 Å². The van der Waals surface area contributed by atoms with Crippen molar-refractivity contribution in [2.75, 3.05) is 6.54 Å². The smallest absolute Gasteiger partial charge is 0.0608 e. The first-order valence-corrected chi connectivity index (χ1v) is 8.45. The topological polar surface area (TPSA) is 24.9 Å². The van der Waals surface area contributed by atoms with E-state index in [9.17, 15) is 0 Å². The molecule has 1 N–H and O–H groups in total. The number of hydrogen-bond donors (Lipinski definition) is 1. The van der Waals surface area contributed by atoms with Crippen LogP contribution in [0.3, 0.4) is 0 Å². The number of hydrogen-bond acceptors (Lipinski definition) is 2. The van der Waals surface area contributed by atoms with E-state index in [1.807, 2.05) is 12.3 Å². The molecule has 2 nitrogen and oxygen atoms in total. The number of pyridine rings is 1. The Bertz CT molecular complexity index is 569. The van der Waals surface area contributed by atoms with E-state index in [4.69, 9.17) is 0 Å². The molecule has 1 atom stereocenters. The van der Waals surface area contributed by atoms with E-state index in [0.29, 0.717) is 0 Å². The SMILES string of the molecule is CCCNC(Cc1cccc(Br)c1)c1ncccc1CC. The number of aromatic nitrogens is 1. The molecule has 0 aliphatic rings. The Labute approximate surface area is 136 Å². The quantitative estimate of drug-likeness (QED) is 0.786. The highest BCUT2D eigenvalue weighted by Crippen LogP contribution is 2.22. The zero-order chi connectivity index (χ0) is 15.1. The molecule has 2 aromatic rings. The third kappa shape index (κ3) is 4.65. The first-order chi connectivity index (χ1) is 10.2. The summed E-state index contributed by atoms with van der Waals surface area (Å²) in [4.78, 5) is 4.65. The number of nitrogens with one attached hydrogen (secondary N) is 1. The number of aryl methyl sites for hydroxylation is 1. The van der Waals surface area contributed by atoms with Crippen molar-refractivity contribution in [1.29, 1.82) is 0 Å². The lowest BCUT2D eigenvalue weighted by atomic mass is 9.98.